The van der Waals surface area contributed by atoms with Gasteiger partial charge in [0.05, 0.1) is 12.7 Å². The van der Waals surface area contributed by atoms with E-state index in [1.165, 1.54) is 25.7 Å². The second-order valence-corrected chi connectivity index (χ2v) is 5.30. The van der Waals surface area contributed by atoms with Gasteiger partial charge in [-0.1, -0.05) is 12.8 Å². The Kier molecular flexibility index (Phi) is 4.35. The summed E-state index contributed by atoms with van der Waals surface area (Å²) in [6.07, 6.45) is 7.91. The molecule has 88 valence electrons. The van der Waals surface area contributed by atoms with Crippen molar-refractivity contribution in [2.45, 2.75) is 44.6 Å². The van der Waals surface area contributed by atoms with Gasteiger partial charge in [-0.25, -0.2) is 0 Å². The Bertz CT molecular complexity index is 184. The van der Waals surface area contributed by atoms with E-state index in [-0.39, 0.29) is 0 Å². The van der Waals surface area contributed by atoms with Crippen molar-refractivity contribution in [2.75, 3.05) is 25.6 Å². The van der Waals surface area contributed by atoms with Crippen LogP contribution in [0, 0.1) is 5.41 Å². The number of hydrogen-bond donors (Lipinski definition) is 1. The highest BCUT2D eigenvalue weighted by molar-refractivity contribution is 7.80. The molecule has 0 aromatic rings. The quantitative estimate of drug-likeness (QED) is 0.749. The first kappa shape index (κ1) is 11.7. The summed E-state index contributed by atoms with van der Waals surface area (Å²) >= 11 is 4.49. The van der Waals surface area contributed by atoms with Gasteiger partial charge in [0.25, 0.3) is 0 Å². The monoisotopic (exact) mass is 230 g/mol. The van der Waals surface area contributed by atoms with E-state index < -0.39 is 0 Å². The lowest BCUT2D eigenvalue weighted by Crippen LogP contribution is -2.31. The lowest BCUT2D eigenvalue weighted by molar-refractivity contribution is -0.0568. The number of ether oxygens (including phenoxy) is 2. The van der Waals surface area contributed by atoms with Crippen LogP contribution in [0.3, 0.4) is 0 Å². The predicted molar refractivity (Wildman–Crippen MR) is 64.5 cm³/mol. The van der Waals surface area contributed by atoms with Crippen LogP contribution in [0.1, 0.15) is 38.5 Å². The van der Waals surface area contributed by atoms with Gasteiger partial charge in [-0.05, 0) is 31.4 Å². The lowest BCUT2D eigenvalue weighted by atomic mass is 9.89. The Morgan fingerprint density at radius 3 is 2.47 bits per heavy atom. The van der Waals surface area contributed by atoms with Crippen LogP contribution in [0.25, 0.3) is 0 Å². The van der Waals surface area contributed by atoms with Crippen LogP contribution in [0.5, 0.6) is 0 Å². The van der Waals surface area contributed by atoms with Crippen molar-refractivity contribution in [3.8, 4) is 0 Å². The topological polar surface area (TPSA) is 18.5 Å². The first-order chi connectivity index (χ1) is 7.35. The second-order valence-electron chi connectivity index (χ2n) is 4.99. The normalized spacial score (nSPS) is 27.0. The molecule has 0 spiro atoms. The van der Waals surface area contributed by atoms with E-state index in [9.17, 15) is 0 Å². The van der Waals surface area contributed by atoms with E-state index >= 15 is 0 Å². The van der Waals surface area contributed by atoms with Crippen molar-refractivity contribution in [1.29, 1.82) is 0 Å². The maximum atomic E-state index is 6.03. The van der Waals surface area contributed by atoms with Crippen LogP contribution in [-0.2, 0) is 9.47 Å². The van der Waals surface area contributed by atoms with Crippen LogP contribution in [0.4, 0.5) is 0 Å². The molecule has 0 unspecified atom stereocenters. The van der Waals surface area contributed by atoms with E-state index in [1.54, 1.807) is 0 Å². The van der Waals surface area contributed by atoms with Crippen LogP contribution in [0.2, 0.25) is 0 Å². The third-order valence-corrected chi connectivity index (χ3v) is 4.46. The molecule has 15 heavy (non-hydrogen) atoms. The minimum absolute atomic E-state index is 0.390. The zero-order chi connectivity index (χ0) is 10.6. The van der Waals surface area contributed by atoms with Gasteiger partial charge in [-0.2, -0.15) is 12.6 Å². The molecule has 1 saturated carbocycles. The van der Waals surface area contributed by atoms with Gasteiger partial charge >= 0.3 is 0 Å². The van der Waals surface area contributed by atoms with Crippen molar-refractivity contribution in [3.05, 3.63) is 0 Å². The Hall–Kier alpha value is 0.270. The average molecular weight is 230 g/mol. The maximum Gasteiger partial charge on any atom is 0.0619 e. The van der Waals surface area contributed by atoms with Crippen molar-refractivity contribution in [3.63, 3.8) is 0 Å². The van der Waals surface area contributed by atoms with E-state index in [0.717, 1.165) is 38.4 Å². The van der Waals surface area contributed by atoms with Crippen molar-refractivity contribution in [1.82, 2.24) is 0 Å². The number of hydrogen-bond acceptors (Lipinski definition) is 3. The predicted octanol–water partition coefficient (Wildman–Crippen LogP) is 2.67. The zero-order valence-electron chi connectivity index (χ0n) is 9.41. The van der Waals surface area contributed by atoms with Crippen molar-refractivity contribution >= 4 is 12.6 Å². The molecule has 0 atom stereocenters. The molecule has 0 amide bonds. The average Bonchev–Trinajstić information content (AvgIpc) is 2.77. The fourth-order valence-corrected chi connectivity index (χ4v) is 3.02. The maximum absolute atomic E-state index is 6.03. The van der Waals surface area contributed by atoms with Gasteiger partial charge in [0.15, 0.2) is 0 Å². The highest BCUT2D eigenvalue weighted by Gasteiger charge is 2.33. The lowest BCUT2D eigenvalue weighted by Gasteiger charge is -2.30. The molecule has 1 heterocycles. The van der Waals surface area contributed by atoms with Gasteiger partial charge in [0.2, 0.25) is 0 Å². The molecular weight excluding hydrogens is 208 g/mol. The standard InChI is InChI=1S/C12H22O2S/c15-10-12(5-1-2-6-12)9-14-11-3-7-13-8-4-11/h11,15H,1-10H2. The first-order valence-electron chi connectivity index (χ1n) is 6.15. The smallest absolute Gasteiger partial charge is 0.0619 e. The molecule has 2 nitrogen and oxygen atoms in total. The molecule has 1 aliphatic carbocycles. The highest BCUT2D eigenvalue weighted by atomic mass is 32.1. The van der Waals surface area contributed by atoms with Crippen LogP contribution < -0.4 is 0 Å². The summed E-state index contributed by atoms with van der Waals surface area (Å²) in [5, 5.41) is 0. The van der Waals surface area contributed by atoms with Gasteiger partial charge in [-0.15, -0.1) is 0 Å². The number of thiol groups is 1. The molecule has 0 bridgehead atoms. The minimum atomic E-state index is 0.390. The van der Waals surface area contributed by atoms with Crippen molar-refractivity contribution < 1.29 is 9.47 Å². The zero-order valence-corrected chi connectivity index (χ0v) is 10.3. The summed E-state index contributed by atoms with van der Waals surface area (Å²) in [5.41, 5.74) is 0.390. The van der Waals surface area contributed by atoms with Crippen LogP contribution >= 0.6 is 12.6 Å². The second kappa shape index (κ2) is 5.55. The molecule has 2 rings (SSSR count). The summed E-state index contributed by atoms with van der Waals surface area (Å²) in [4.78, 5) is 0. The number of rotatable bonds is 4. The fraction of sp³-hybridized carbons (Fsp3) is 1.00. The summed E-state index contributed by atoms with van der Waals surface area (Å²) in [6.45, 7) is 2.66. The first-order valence-corrected chi connectivity index (χ1v) is 6.78. The summed E-state index contributed by atoms with van der Waals surface area (Å²) in [5.74, 6) is 0.982. The summed E-state index contributed by atoms with van der Waals surface area (Å²) in [6, 6.07) is 0. The molecule has 0 aromatic carbocycles. The SMILES string of the molecule is SCC1(COC2CCOCC2)CCCC1. The molecule has 0 aromatic heterocycles. The fourth-order valence-electron chi connectivity index (χ4n) is 2.61. The van der Waals surface area contributed by atoms with Crippen molar-refractivity contribution in [2.24, 2.45) is 5.41 Å². The van der Waals surface area contributed by atoms with Gasteiger partial charge < -0.3 is 9.47 Å². The third kappa shape index (κ3) is 3.11. The minimum Gasteiger partial charge on any atom is -0.381 e. The Morgan fingerprint density at radius 2 is 1.87 bits per heavy atom. The molecule has 0 N–H and O–H groups in total. The van der Waals surface area contributed by atoms with E-state index in [1.807, 2.05) is 0 Å². The molecule has 1 saturated heterocycles. The Morgan fingerprint density at radius 1 is 1.20 bits per heavy atom. The molecule has 1 aliphatic heterocycles. The molecule has 2 fully saturated rings. The summed E-state index contributed by atoms with van der Waals surface area (Å²) < 4.78 is 11.4. The van der Waals surface area contributed by atoms with Crippen LogP contribution in [-0.4, -0.2) is 31.7 Å². The van der Waals surface area contributed by atoms with E-state index in [4.69, 9.17) is 9.47 Å². The Labute approximate surface area is 98.1 Å². The highest BCUT2D eigenvalue weighted by Crippen LogP contribution is 2.39. The Balaban J connectivity index is 1.75. The van der Waals surface area contributed by atoms with Gasteiger partial charge in [0.1, 0.15) is 0 Å². The van der Waals surface area contributed by atoms with E-state index in [0.29, 0.717) is 11.5 Å². The van der Waals surface area contributed by atoms with Gasteiger partial charge in [0, 0.05) is 18.6 Å². The largest absolute Gasteiger partial charge is 0.381 e. The summed E-state index contributed by atoms with van der Waals surface area (Å²) in [7, 11) is 0. The molecule has 3 heteroatoms. The van der Waals surface area contributed by atoms with Crippen LogP contribution in [0.15, 0.2) is 0 Å². The molecule has 2 aliphatic rings. The van der Waals surface area contributed by atoms with Gasteiger partial charge in [-0.3, -0.25) is 0 Å². The molecular formula is C12H22O2S. The molecule has 0 radical (unpaired) electrons. The van der Waals surface area contributed by atoms with E-state index in [2.05, 4.69) is 12.6 Å². The third-order valence-electron chi connectivity index (χ3n) is 3.79.